The normalized spacial score (nSPS) is 12.9. The van der Waals surface area contributed by atoms with E-state index < -0.39 is 6.10 Å². The predicted molar refractivity (Wildman–Crippen MR) is 334 cm³/mol. The largest absolute Gasteiger partial charge is 0.462 e. The molecule has 0 amide bonds. The third kappa shape index (κ3) is 62.5. The van der Waals surface area contributed by atoms with Gasteiger partial charge in [-0.3, -0.25) is 14.4 Å². The number of hydrogen-bond donors (Lipinski definition) is 0. The summed E-state index contributed by atoms with van der Waals surface area (Å²) in [6, 6.07) is 0. The second-order valence-corrected chi connectivity index (χ2v) is 20.9. The second-order valence-electron chi connectivity index (χ2n) is 20.9. The summed E-state index contributed by atoms with van der Waals surface area (Å²) < 4.78 is 16.9. The summed E-state index contributed by atoms with van der Waals surface area (Å²) in [4.78, 5) is 38.3. The van der Waals surface area contributed by atoms with Gasteiger partial charge in [-0.05, 0) is 128 Å². The molecule has 0 aliphatic rings. The van der Waals surface area contributed by atoms with E-state index >= 15 is 0 Å². The lowest BCUT2D eigenvalue weighted by Crippen LogP contribution is -2.30. The van der Waals surface area contributed by atoms with Crippen molar-refractivity contribution < 1.29 is 28.6 Å². The molecular formula is C71H118O6. The Kier molecular flexibility index (Phi) is 60.8. The Bertz CT molecular complexity index is 1600. The lowest BCUT2D eigenvalue weighted by Gasteiger charge is -2.18. The van der Waals surface area contributed by atoms with Crippen molar-refractivity contribution >= 4 is 17.9 Å². The lowest BCUT2D eigenvalue weighted by atomic mass is 10.1. The Morgan fingerprint density at radius 3 is 0.805 bits per heavy atom. The predicted octanol–water partition coefficient (Wildman–Crippen LogP) is 22.0. The summed E-state index contributed by atoms with van der Waals surface area (Å²) in [5.74, 6) is -0.916. The van der Waals surface area contributed by atoms with Gasteiger partial charge in [0.25, 0.3) is 0 Å². The number of carbonyl (C=O) groups is 3. The van der Waals surface area contributed by atoms with Crippen LogP contribution in [-0.2, 0) is 28.6 Å². The first-order valence-corrected chi connectivity index (χ1v) is 32.0. The molecule has 6 heteroatoms. The van der Waals surface area contributed by atoms with E-state index in [1.54, 1.807) is 0 Å². The topological polar surface area (TPSA) is 78.9 Å². The van der Waals surface area contributed by atoms with Crippen LogP contribution in [0.2, 0.25) is 0 Å². The molecule has 0 N–H and O–H groups in total. The Morgan fingerprint density at radius 1 is 0.273 bits per heavy atom. The molecule has 6 nitrogen and oxygen atoms in total. The van der Waals surface area contributed by atoms with Crippen LogP contribution in [0.25, 0.3) is 0 Å². The summed E-state index contributed by atoms with van der Waals surface area (Å²) >= 11 is 0. The van der Waals surface area contributed by atoms with Crippen LogP contribution < -0.4 is 0 Å². The fourth-order valence-corrected chi connectivity index (χ4v) is 8.69. The molecular weight excluding hydrogens is 949 g/mol. The number of esters is 3. The molecule has 438 valence electrons. The number of ether oxygens (including phenoxy) is 3. The van der Waals surface area contributed by atoms with Crippen LogP contribution in [0.1, 0.15) is 290 Å². The van der Waals surface area contributed by atoms with E-state index in [1.807, 2.05) is 0 Å². The van der Waals surface area contributed by atoms with Crippen LogP contribution in [0.4, 0.5) is 0 Å². The average molecular weight is 1070 g/mol. The molecule has 0 radical (unpaired) electrons. The quantitative estimate of drug-likeness (QED) is 0.0261. The zero-order valence-corrected chi connectivity index (χ0v) is 50.2. The van der Waals surface area contributed by atoms with E-state index in [1.165, 1.54) is 109 Å². The molecule has 0 fully saturated rings. The van der Waals surface area contributed by atoms with Crippen molar-refractivity contribution in [2.45, 2.75) is 297 Å². The first-order chi connectivity index (χ1) is 38.0. The maximum atomic E-state index is 12.9. The van der Waals surface area contributed by atoms with Crippen LogP contribution in [0.15, 0.2) is 122 Å². The fourth-order valence-electron chi connectivity index (χ4n) is 8.69. The average Bonchev–Trinajstić information content (AvgIpc) is 3.43. The van der Waals surface area contributed by atoms with Crippen molar-refractivity contribution in [1.29, 1.82) is 0 Å². The molecule has 1 atom stereocenters. The molecule has 0 bridgehead atoms. The molecule has 77 heavy (non-hydrogen) atoms. The summed E-state index contributed by atoms with van der Waals surface area (Å²) in [5, 5.41) is 0. The van der Waals surface area contributed by atoms with Gasteiger partial charge in [0.05, 0.1) is 0 Å². The van der Waals surface area contributed by atoms with Gasteiger partial charge in [0.15, 0.2) is 6.10 Å². The van der Waals surface area contributed by atoms with Crippen molar-refractivity contribution in [3.05, 3.63) is 122 Å². The molecule has 0 aromatic heterocycles. The van der Waals surface area contributed by atoms with Crippen LogP contribution >= 0.6 is 0 Å². The van der Waals surface area contributed by atoms with Crippen molar-refractivity contribution in [3.63, 3.8) is 0 Å². The maximum absolute atomic E-state index is 12.9. The van der Waals surface area contributed by atoms with Crippen molar-refractivity contribution in [2.24, 2.45) is 0 Å². The van der Waals surface area contributed by atoms with Crippen LogP contribution in [0.5, 0.6) is 0 Å². The highest BCUT2D eigenvalue weighted by atomic mass is 16.6. The molecule has 0 heterocycles. The van der Waals surface area contributed by atoms with Gasteiger partial charge in [0.1, 0.15) is 13.2 Å². The van der Waals surface area contributed by atoms with Gasteiger partial charge in [-0.25, -0.2) is 0 Å². The van der Waals surface area contributed by atoms with Gasteiger partial charge in [-0.1, -0.05) is 264 Å². The van der Waals surface area contributed by atoms with Gasteiger partial charge in [-0.2, -0.15) is 0 Å². The molecule has 0 spiro atoms. The standard InChI is InChI=1S/C71H118O6/c1-4-7-10-13-16-19-22-25-28-30-31-32-33-34-35-36-37-38-39-41-43-46-49-52-55-58-61-64-70(73)76-67-68(66-75-69(72)63-60-57-54-51-48-45-42-27-24-21-18-15-12-9-6-3)77-71(74)65-62-59-56-53-50-47-44-40-29-26-23-20-17-14-11-8-5-2/h7,9-10,12,16,18-19,21,25-29,31-32,34-35,37-38,42,68H,4-6,8,11,13-15,17,20,22-24,30,33,36,39-41,43-67H2,1-3H3/b10-7-,12-9-,19-16-,21-18-,28-25-,29-26-,32-31-,35-34-,38-37-,42-27-. The van der Waals surface area contributed by atoms with Crippen LogP contribution in [-0.4, -0.2) is 37.2 Å². The van der Waals surface area contributed by atoms with Crippen molar-refractivity contribution in [2.75, 3.05) is 13.2 Å². The monoisotopic (exact) mass is 1070 g/mol. The number of allylic oxidation sites excluding steroid dienone is 20. The molecule has 0 aliphatic carbocycles. The summed E-state index contributed by atoms with van der Waals surface area (Å²) in [6.07, 6.45) is 89.1. The second kappa shape index (κ2) is 64.3. The van der Waals surface area contributed by atoms with E-state index in [9.17, 15) is 14.4 Å². The molecule has 0 aliphatic heterocycles. The number of carbonyl (C=O) groups excluding carboxylic acids is 3. The first kappa shape index (κ1) is 72.8. The van der Waals surface area contributed by atoms with E-state index in [0.29, 0.717) is 19.3 Å². The van der Waals surface area contributed by atoms with Gasteiger partial charge in [0.2, 0.25) is 0 Å². The summed E-state index contributed by atoms with van der Waals surface area (Å²) in [7, 11) is 0. The number of hydrogen-bond acceptors (Lipinski definition) is 6. The number of rotatable bonds is 57. The highest BCUT2D eigenvalue weighted by Crippen LogP contribution is 2.15. The summed E-state index contributed by atoms with van der Waals surface area (Å²) in [6.45, 7) is 6.40. The highest BCUT2D eigenvalue weighted by Gasteiger charge is 2.19. The molecule has 0 saturated heterocycles. The minimum absolute atomic E-state index is 0.0916. The molecule has 0 saturated carbocycles. The highest BCUT2D eigenvalue weighted by molar-refractivity contribution is 5.71. The fraction of sp³-hybridized carbons (Fsp3) is 0.676. The van der Waals surface area contributed by atoms with E-state index in [2.05, 4.69) is 142 Å². The van der Waals surface area contributed by atoms with Gasteiger partial charge < -0.3 is 14.2 Å². The molecule has 0 aromatic carbocycles. The number of unbranched alkanes of at least 4 members (excludes halogenated alkanes) is 26. The van der Waals surface area contributed by atoms with E-state index in [4.69, 9.17) is 14.2 Å². The van der Waals surface area contributed by atoms with Crippen molar-refractivity contribution in [1.82, 2.24) is 0 Å². The lowest BCUT2D eigenvalue weighted by molar-refractivity contribution is -0.167. The first-order valence-electron chi connectivity index (χ1n) is 32.0. The minimum atomic E-state index is -0.795. The SMILES string of the molecule is CC/C=C\C/C=C\C/C=C\C/C=C\C/C=C\C/C=C\CCCCCCCCCCC(=O)OCC(COC(=O)CCCCCCC/C=C\C/C=C\C/C=C\CC)OC(=O)CCCCCCCCC/C=C\CCCCCCCC. The van der Waals surface area contributed by atoms with Crippen LogP contribution in [0.3, 0.4) is 0 Å². The van der Waals surface area contributed by atoms with E-state index in [-0.39, 0.29) is 31.1 Å². The molecule has 0 rings (SSSR count). The third-order valence-electron chi connectivity index (χ3n) is 13.4. The van der Waals surface area contributed by atoms with Crippen LogP contribution in [0, 0.1) is 0 Å². The van der Waals surface area contributed by atoms with Gasteiger partial charge >= 0.3 is 17.9 Å². The third-order valence-corrected chi connectivity index (χ3v) is 13.4. The zero-order valence-electron chi connectivity index (χ0n) is 50.2. The minimum Gasteiger partial charge on any atom is -0.462 e. The molecule has 0 aromatic rings. The smallest absolute Gasteiger partial charge is 0.306 e. The molecule has 1 unspecified atom stereocenters. The van der Waals surface area contributed by atoms with Crippen molar-refractivity contribution in [3.8, 4) is 0 Å². The maximum Gasteiger partial charge on any atom is 0.306 e. The van der Waals surface area contributed by atoms with Gasteiger partial charge in [0, 0.05) is 19.3 Å². The zero-order chi connectivity index (χ0) is 55.7. The Morgan fingerprint density at radius 2 is 0.506 bits per heavy atom. The Balaban J connectivity index is 4.38. The van der Waals surface area contributed by atoms with Gasteiger partial charge in [-0.15, -0.1) is 0 Å². The summed E-state index contributed by atoms with van der Waals surface area (Å²) in [5.41, 5.74) is 0. The van der Waals surface area contributed by atoms with E-state index in [0.717, 1.165) is 141 Å². The Labute approximate surface area is 475 Å². The Hall–Kier alpha value is -4.19.